The Morgan fingerprint density at radius 1 is 1.25 bits per heavy atom. The Labute approximate surface area is 119 Å². The maximum atomic E-state index is 12.0. The summed E-state index contributed by atoms with van der Waals surface area (Å²) in [6, 6.07) is 9.65. The number of pyridine rings is 1. The first-order chi connectivity index (χ1) is 9.44. The van der Waals surface area contributed by atoms with E-state index >= 15 is 0 Å². The number of para-hydroxylation sites is 1. The summed E-state index contributed by atoms with van der Waals surface area (Å²) in [5.41, 5.74) is 1.85. The zero-order chi connectivity index (χ0) is 14.4. The predicted octanol–water partition coefficient (Wildman–Crippen LogP) is 2.61. The second kappa shape index (κ2) is 4.45. The highest BCUT2D eigenvalue weighted by molar-refractivity contribution is 7.92. The molecule has 0 saturated heterocycles. The van der Waals surface area contributed by atoms with Crippen molar-refractivity contribution >= 4 is 26.4 Å². The molecule has 1 saturated carbocycles. The number of anilines is 1. The van der Waals surface area contributed by atoms with Crippen molar-refractivity contribution in [2.45, 2.75) is 30.6 Å². The molecule has 1 N–H and O–H groups in total. The molecule has 0 spiro atoms. The molecule has 1 aromatic carbocycles. The van der Waals surface area contributed by atoms with E-state index in [4.69, 9.17) is 0 Å². The van der Waals surface area contributed by atoms with Gasteiger partial charge in [0, 0.05) is 29.6 Å². The number of hydrogen-bond donors (Lipinski definition) is 1. The highest BCUT2D eigenvalue weighted by Crippen LogP contribution is 2.47. The smallest absolute Gasteiger partial charge is 0.155 e. The average molecular weight is 290 g/mol. The van der Waals surface area contributed by atoms with Gasteiger partial charge in [-0.2, -0.15) is 0 Å². The van der Waals surface area contributed by atoms with Crippen LogP contribution >= 0.6 is 0 Å². The van der Waals surface area contributed by atoms with E-state index in [0.29, 0.717) is 0 Å². The molecule has 106 valence electrons. The number of benzene rings is 1. The third-order valence-electron chi connectivity index (χ3n) is 4.29. The van der Waals surface area contributed by atoms with Crippen LogP contribution in [0.15, 0.2) is 36.5 Å². The topological polar surface area (TPSA) is 59.1 Å². The van der Waals surface area contributed by atoms with E-state index in [2.05, 4.69) is 10.3 Å². The number of rotatable bonds is 4. The molecule has 5 heteroatoms. The molecule has 0 bridgehead atoms. The number of nitrogens with zero attached hydrogens (tertiary/aromatic N) is 1. The molecule has 20 heavy (non-hydrogen) atoms. The minimum absolute atomic E-state index is 0.108. The first-order valence-electron chi connectivity index (χ1n) is 6.74. The van der Waals surface area contributed by atoms with Crippen LogP contribution in [-0.2, 0) is 9.84 Å². The summed E-state index contributed by atoms with van der Waals surface area (Å²) in [7, 11) is -3.04. The Morgan fingerprint density at radius 3 is 2.60 bits per heavy atom. The number of sulfone groups is 1. The minimum atomic E-state index is -3.04. The molecular formula is C15H18N2O2S. The van der Waals surface area contributed by atoms with Gasteiger partial charge in [0.2, 0.25) is 0 Å². The van der Waals surface area contributed by atoms with E-state index in [-0.39, 0.29) is 6.04 Å². The van der Waals surface area contributed by atoms with E-state index in [0.717, 1.165) is 29.4 Å². The first-order valence-corrected chi connectivity index (χ1v) is 8.63. The van der Waals surface area contributed by atoms with Gasteiger partial charge in [-0.15, -0.1) is 0 Å². The molecule has 4 nitrogen and oxygen atoms in total. The standard InChI is InChI=1S/C15H18N2O2S/c1-11(15(8-9-15)20(2,18)19)17-14-7-10-16-13-6-4-3-5-12(13)14/h3-7,10-11H,8-9H2,1-2H3,(H,16,17). The second-order valence-electron chi connectivity index (χ2n) is 5.58. The maximum Gasteiger partial charge on any atom is 0.155 e. The molecule has 1 fully saturated rings. The SMILES string of the molecule is CC(Nc1ccnc2ccccc12)C1(S(C)(=O)=O)CC1. The van der Waals surface area contributed by atoms with Crippen molar-refractivity contribution in [3.63, 3.8) is 0 Å². The van der Waals surface area contributed by atoms with Crippen LogP contribution in [0.4, 0.5) is 5.69 Å². The highest BCUT2D eigenvalue weighted by atomic mass is 32.2. The third kappa shape index (κ3) is 2.06. The Morgan fingerprint density at radius 2 is 1.95 bits per heavy atom. The van der Waals surface area contributed by atoms with Gasteiger partial charge in [0.05, 0.1) is 10.3 Å². The Bertz CT molecular complexity index is 746. The first kappa shape index (κ1) is 13.4. The maximum absolute atomic E-state index is 12.0. The zero-order valence-corrected chi connectivity index (χ0v) is 12.4. The van der Waals surface area contributed by atoms with Gasteiger partial charge in [-0.1, -0.05) is 18.2 Å². The minimum Gasteiger partial charge on any atom is -0.380 e. The van der Waals surface area contributed by atoms with Gasteiger partial charge >= 0.3 is 0 Å². The number of fused-ring (bicyclic) bond motifs is 1. The van der Waals surface area contributed by atoms with Gasteiger partial charge < -0.3 is 5.32 Å². The summed E-state index contributed by atoms with van der Waals surface area (Å²) in [5, 5.41) is 4.39. The molecule has 0 radical (unpaired) electrons. The van der Waals surface area contributed by atoms with Crippen molar-refractivity contribution in [1.82, 2.24) is 4.98 Å². The third-order valence-corrected chi connectivity index (χ3v) is 6.53. The summed E-state index contributed by atoms with van der Waals surface area (Å²) in [6.07, 6.45) is 4.56. The van der Waals surface area contributed by atoms with E-state index in [9.17, 15) is 8.42 Å². The normalized spacial score (nSPS) is 18.7. The van der Waals surface area contributed by atoms with Crippen LogP contribution in [0.25, 0.3) is 10.9 Å². The van der Waals surface area contributed by atoms with Gasteiger partial charge in [0.25, 0.3) is 0 Å². The van der Waals surface area contributed by atoms with Gasteiger partial charge in [0.1, 0.15) is 0 Å². The summed E-state index contributed by atoms with van der Waals surface area (Å²) in [6.45, 7) is 1.95. The van der Waals surface area contributed by atoms with E-state index in [1.54, 1.807) is 6.20 Å². The largest absolute Gasteiger partial charge is 0.380 e. The summed E-state index contributed by atoms with van der Waals surface area (Å²) in [5.74, 6) is 0. The Balaban J connectivity index is 1.95. The van der Waals surface area contributed by atoms with Gasteiger partial charge in [-0.05, 0) is 31.9 Å². The van der Waals surface area contributed by atoms with Crippen LogP contribution in [0.5, 0.6) is 0 Å². The fourth-order valence-corrected chi connectivity index (χ4v) is 4.38. The van der Waals surface area contributed by atoms with Crippen LogP contribution in [0, 0.1) is 0 Å². The quantitative estimate of drug-likeness (QED) is 0.940. The van der Waals surface area contributed by atoms with Crippen molar-refractivity contribution in [3.8, 4) is 0 Å². The van der Waals surface area contributed by atoms with Crippen molar-refractivity contribution < 1.29 is 8.42 Å². The van der Waals surface area contributed by atoms with Crippen LogP contribution in [0.3, 0.4) is 0 Å². The van der Waals surface area contributed by atoms with E-state index in [1.165, 1.54) is 6.26 Å². The zero-order valence-electron chi connectivity index (χ0n) is 11.6. The lowest BCUT2D eigenvalue weighted by atomic mass is 10.1. The fraction of sp³-hybridized carbons (Fsp3) is 0.400. The van der Waals surface area contributed by atoms with Crippen molar-refractivity contribution in [2.75, 3.05) is 11.6 Å². The van der Waals surface area contributed by atoms with Crippen molar-refractivity contribution in [1.29, 1.82) is 0 Å². The summed E-state index contributed by atoms with van der Waals surface area (Å²) >= 11 is 0. The van der Waals surface area contributed by atoms with Crippen LogP contribution in [-0.4, -0.2) is 30.4 Å². The molecule has 1 heterocycles. The lowest BCUT2D eigenvalue weighted by Crippen LogP contribution is -2.39. The molecule has 3 rings (SSSR count). The molecule has 1 atom stereocenters. The van der Waals surface area contributed by atoms with E-state index < -0.39 is 14.6 Å². The molecule has 1 aliphatic rings. The monoisotopic (exact) mass is 290 g/mol. The van der Waals surface area contributed by atoms with Crippen molar-refractivity contribution in [2.24, 2.45) is 0 Å². The fourth-order valence-electron chi connectivity index (χ4n) is 2.83. The number of nitrogens with one attached hydrogen (secondary N) is 1. The highest BCUT2D eigenvalue weighted by Gasteiger charge is 2.56. The predicted molar refractivity (Wildman–Crippen MR) is 81.6 cm³/mol. The lowest BCUT2D eigenvalue weighted by Gasteiger charge is -2.24. The molecule has 1 aliphatic carbocycles. The van der Waals surface area contributed by atoms with Gasteiger partial charge in [0.15, 0.2) is 9.84 Å². The molecule has 2 aromatic rings. The number of aromatic nitrogens is 1. The lowest BCUT2D eigenvalue weighted by molar-refractivity contribution is 0.568. The van der Waals surface area contributed by atoms with Crippen molar-refractivity contribution in [3.05, 3.63) is 36.5 Å². The molecule has 1 unspecified atom stereocenters. The molecule has 0 aliphatic heterocycles. The number of hydrogen-bond acceptors (Lipinski definition) is 4. The Hall–Kier alpha value is -1.62. The van der Waals surface area contributed by atoms with E-state index in [1.807, 2.05) is 37.3 Å². The van der Waals surface area contributed by atoms with Gasteiger partial charge in [-0.3, -0.25) is 4.98 Å². The van der Waals surface area contributed by atoms with Crippen LogP contribution in [0.2, 0.25) is 0 Å². The molecule has 0 amide bonds. The van der Waals surface area contributed by atoms with Crippen LogP contribution < -0.4 is 5.32 Å². The second-order valence-corrected chi connectivity index (χ2v) is 7.94. The molecule has 1 aromatic heterocycles. The summed E-state index contributed by atoms with van der Waals surface area (Å²) in [4.78, 5) is 4.32. The molecular weight excluding hydrogens is 272 g/mol. The van der Waals surface area contributed by atoms with Crippen LogP contribution in [0.1, 0.15) is 19.8 Å². The Kier molecular flexibility index (Phi) is 2.97. The summed E-state index contributed by atoms with van der Waals surface area (Å²) < 4.78 is 23.3. The average Bonchev–Trinajstić information content (AvgIpc) is 3.20. The van der Waals surface area contributed by atoms with Gasteiger partial charge in [-0.25, -0.2) is 8.42 Å².